The molecule has 4 N–H and O–H groups in total. The van der Waals surface area contributed by atoms with Gasteiger partial charge in [-0.2, -0.15) is 0 Å². The molecule has 7 atom stereocenters. The highest BCUT2D eigenvalue weighted by Gasteiger charge is 2.53. The number of allylic oxidation sites excluding steroid dienone is 4. The SMILES string of the molecule is C=C1/C=C(/C)CCC2OC2C(OC(=O)NC(C)=O)C(C(O)C(O)/C=C/CCOC(=O)CCCCCCC)OC(=O)/C=C\C=C\C(OC)(C(C)=O)N1. The zero-order chi connectivity index (χ0) is 38.0. The van der Waals surface area contributed by atoms with Gasteiger partial charge in [-0.05, 0) is 51.7 Å². The predicted molar refractivity (Wildman–Crippen MR) is 187 cm³/mol. The van der Waals surface area contributed by atoms with Crippen molar-refractivity contribution in [2.45, 2.75) is 128 Å². The molecule has 1 saturated heterocycles. The number of ketones is 1. The molecule has 0 radical (unpaired) electrons. The minimum atomic E-state index is -1.84. The highest BCUT2D eigenvalue weighted by molar-refractivity contribution is 5.90. The van der Waals surface area contributed by atoms with E-state index in [2.05, 4.69) is 18.8 Å². The maximum Gasteiger partial charge on any atom is 0.414 e. The molecule has 0 bridgehead atoms. The molecule has 2 amide bonds. The van der Waals surface area contributed by atoms with Crippen molar-refractivity contribution >= 4 is 29.7 Å². The molecule has 0 aromatic rings. The van der Waals surface area contributed by atoms with E-state index in [1.165, 1.54) is 44.4 Å². The lowest BCUT2D eigenvalue weighted by atomic mass is 9.96. The van der Waals surface area contributed by atoms with E-state index in [9.17, 15) is 34.2 Å². The number of rotatable bonds is 15. The molecule has 0 aliphatic carbocycles. The summed E-state index contributed by atoms with van der Waals surface area (Å²) in [6, 6.07) is 0. The molecule has 2 aliphatic heterocycles. The Morgan fingerprint density at radius 3 is 2.55 bits per heavy atom. The number of ether oxygens (including phenoxy) is 5. The van der Waals surface area contributed by atoms with Crippen LogP contribution in [0.25, 0.3) is 0 Å². The smallest absolute Gasteiger partial charge is 0.414 e. The molecule has 2 heterocycles. The number of epoxide rings is 1. The van der Waals surface area contributed by atoms with E-state index >= 15 is 0 Å². The third-order valence-corrected chi connectivity index (χ3v) is 8.20. The van der Waals surface area contributed by atoms with Gasteiger partial charge in [0, 0.05) is 32.2 Å². The average Bonchev–Trinajstić information content (AvgIpc) is 3.84. The summed E-state index contributed by atoms with van der Waals surface area (Å²) in [6.07, 6.45) is 6.79. The van der Waals surface area contributed by atoms with Gasteiger partial charge in [0.05, 0.1) is 12.7 Å². The molecule has 14 heteroatoms. The summed E-state index contributed by atoms with van der Waals surface area (Å²) in [5.74, 6) is -2.42. The Hall–Kier alpha value is -4.11. The van der Waals surface area contributed by atoms with Crippen LogP contribution in [0.1, 0.15) is 85.5 Å². The number of aliphatic hydroxyl groups excluding tert-OH is 2. The van der Waals surface area contributed by atoms with Gasteiger partial charge in [-0.1, -0.05) is 69.1 Å². The summed E-state index contributed by atoms with van der Waals surface area (Å²) in [5, 5.41) is 27.2. The van der Waals surface area contributed by atoms with E-state index in [-0.39, 0.29) is 24.8 Å². The topological polar surface area (TPSA) is 199 Å². The molecule has 0 aromatic carbocycles. The van der Waals surface area contributed by atoms with Gasteiger partial charge in [0.15, 0.2) is 18.0 Å². The first kappa shape index (κ1) is 43.1. The van der Waals surface area contributed by atoms with E-state index in [1.807, 2.05) is 12.2 Å². The Labute approximate surface area is 299 Å². The number of nitrogens with one attached hydrogen (secondary N) is 2. The molecule has 0 saturated carbocycles. The summed E-state index contributed by atoms with van der Waals surface area (Å²) >= 11 is 0. The van der Waals surface area contributed by atoms with Crippen LogP contribution >= 0.6 is 0 Å². The first-order valence-corrected chi connectivity index (χ1v) is 17.3. The quantitative estimate of drug-likeness (QED) is 0.0628. The van der Waals surface area contributed by atoms with Crippen LogP contribution in [0.4, 0.5) is 4.79 Å². The molecular formula is C37H54N2O12. The molecule has 284 valence electrons. The van der Waals surface area contributed by atoms with Crippen LogP contribution in [0.5, 0.6) is 0 Å². The largest absolute Gasteiger partial charge is 0.465 e. The van der Waals surface area contributed by atoms with E-state index in [0.717, 1.165) is 50.7 Å². The normalized spacial score (nSPS) is 27.6. The third kappa shape index (κ3) is 15.3. The molecule has 51 heavy (non-hydrogen) atoms. The van der Waals surface area contributed by atoms with E-state index in [0.29, 0.717) is 25.0 Å². The number of alkyl carbamates (subject to hydrolysis) is 1. The Kier molecular flexibility index (Phi) is 18.5. The number of esters is 2. The Balaban J connectivity index is 2.31. The van der Waals surface area contributed by atoms with Gasteiger partial charge >= 0.3 is 18.0 Å². The van der Waals surface area contributed by atoms with E-state index < -0.39 is 60.3 Å². The van der Waals surface area contributed by atoms with Gasteiger partial charge in [0.2, 0.25) is 11.6 Å². The molecule has 14 nitrogen and oxygen atoms in total. The van der Waals surface area contributed by atoms with Gasteiger partial charge in [0.1, 0.15) is 18.3 Å². The number of carbonyl (C=O) groups excluding carboxylic acids is 5. The second-order valence-electron chi connectivity index (χ2n) is 12.6. The predicted octanol–water partition coefficient (Wildman–Crippen LogP) is 3.77. The molecule has 1 fully saturated rings. The highest BCUT2D eigenvalue weighted by Crippen LogP contribution is 2.36. The fourth-order valence-electron chi connectivity index (χ4n) is 5.38. The number of imide groups is 1. The number of amides is 2. The molecule has 2 aliphatic rings. The number of fused-ring (bicyclic) bond motifs is 1. The van der Waals surface area contributed by atoms with Crippen molar-refractivity contribution < 1.29 is 57.9 Å². The monoisotopic (exact) mass is 718 g/mol. The fourth-order valence-corrected chi connectivity index (χ4v) is 5.38. The number of cyclic esters (lactones) is 1. The average molecular weight is 719 g/mol. The second-order valence-corrected chi connectivity index (χ2v) is 12.6. The summed E-state index contributed by atoms with van der Waals surface area (Å²) in [5.41, 5.74) is -0.346. The minimum Gasteiger partial charge on any atom is -0.465 e. The van der Waals surface area contributed by atoms with Crippen LogP contribution < -0.4 is 10.6 Å². The number of carbonyl (C=O) groups is 5. The zero-order valence-corrected chi connectivity index (χ0v) is 30.3. The van der Waals surface area contributed by atoms with Crippen LogP contribution in [0.2, 0.25) is 0 Å². The number of hydrogen-bond acceptors (Lipinski definition) is 13. The second kappa shape index (κ2) is 22.0. The fraction of sp³-hybridized carbons (Fsp3) is 0.595. The molecule has 2 rings (SSSR count). The molecular weight excluding hydrogens is 664 g/mol. The maximum atomic E-state index is 13.1. The van der Waals surface area contributed by atoms with Gasteiger partial charge in [0.25, 0.3) is 0 Å². The first-order valence-electron chi connectivity index (χ1n) is 17.3. The van der Waals surface area contributed by atoms with Crippen LogP contribution in [0, 0.1) is 0 Å². The van der Waals surface area contributed by atoms with Crippen molar-refractivity contribution in [3.05, 3.63) is 60.4 Å². The number of Topliss-reactive ketones (excluding diaryl/α,β-unsaturated/α-hetero) is 1. The summed E-state index contributed by atoms with van der Waals surface area (Å²) in [4.78, 5) is 61.8. The third-order valence-electron chi connectivity index (χ3n) is 8.20. The number of aliphatic hydroxyl groups is 2. The first-order chi connectivity index (χ1) is 24.2. The van der Waals surface area contributed by atoms with E-state index in [1.54, 1.807) is 6.08 Å². The highest BCUT2D eigenvalue weighted by atomic mass is 16.7. The lowest BCUT2D eigenvalue weighted by Crippen LogP contribution is -2.51. The Morgan fingerprint density at radius 1 is 1.16 bits per heavy atom. The van der Waals surface area contributed by atoms with Crippen molar-refractivity contribution in [2.24, 2.45) is 0 Å². The van der Waals surface area contributed by atoms with Crippen molar-refractivity contribution in [3.8, 4) is 0 Å². The van der Waals surface area contributed by atoms with Crippen molar-refractivity contribution in [2.75, 3.05) is 13.7 Å². The molecule has 0 spiro atoms. The lowest BCUT2D eigenvalue weighted by molar-refractivity contribution is -0.166. The number of unbranched alkanes of at least 4 members (excludes halogenated alkanes) is 4. The van der Waals surface area contributed by atoms with Gasteiger partial charge in [-0.15, -0.1) is 0 Å². The minimum absolute atomic E-state index is 0.0586. The standard InChI is InChI=1S/C37H54N2O12/c1-7-8-9-10-11-17-30(43)48-22-15-13-16-28(42)32(45)34-35(51-36(46)38-27(5)41)33-29(49-33)20-19-24(2)23-25(3)39-37(47-6,26(4)40)21-14-12-18-31(44)50-34/h12-14,16,18,21,23,28-29,32-35,39,42,45H,3,7-11,15,17,19-20,22H2,1-2,4-6H3,(H,38,41,46)/b16-13+,18-12-,21-14+,24-23-. The number of methoxy groups -OCH3 is 1. The maximum absolute atomic E-state index is 13.1. The van der Waals surface area contributed by atoms with Crippen molar-refractivity contribution in [3.63, 3.8) is 0 Å². The Morgan fingerprint density at radius 2 is 1.88 bits per heavy atom. The van der Waals surface area contributed by atoms with Gasteiger partial charge < -0.3 is 39.2 Å². The Bertz CT molecular complexity index is 1340. The lowest BCUT2D eigenvalue weighted by Gasteiger charge is -2.30. The van der Waals surface area contributed by atoms with Gasteiger partial charge in [-0.25, -0.2) is 9.59 Å². The van der Waals surface area contributed by atoms with Crippen LogP contribution in [0.15, 0.2) is 60.4 Å². The van der Waals surface area contributed by atoms with Crippen LogP contribution in [-0.4, -0.2) is 96.0 Å². The molecule has 0 aromatic heterocycles. The van der Waals surface area contributed by atoms with Gasteiger partial charge in [-0.3, -0.25) is 19.7 Å². The summed E-state index contributed by atoms with van der Waals surface area (Å²) in [7, 11) is 1.34. The summed E-state index contributed by atoms with van der Waals surface area (Å²) in [6.45, 7) is 10.4. The van der Waals surface area contributed by atoms with Crippen molar-refractivity contribution in [1.82, 2.24) is 10.6 Å². The zero-order valence-electron chi connectivity index (χ0n) is 30.3. The van der Waals surface area contributed by atoms with E-state index in [4.69, 9.17) is 23.7 Å². The van der Waals surface area contributed by atoms with Crippen LogP contribution in [-0.2, 0) is 42.9 Å². The van der Waals surface area contributed by atoms with Crippen LogP contribution in [0.3, 0.4) is 0 Å². The summed E-state index contributed by atoms with van der Waals surface area (Å²) < 4.78 is 27.6. The molecule has 7 unspecified atom stereocenters. The van der Waals surface area contributed by atoms with Crippen molar-refractivity contribution in [1.29, 1.82) is 0 Å². The number of hydrogen-bond donors (Lipinski definition) is 4.